The Balaban J connectivity index is 1.84. The number of hydrogen-bond acceptors (Lipinski definition) is 4. The van der Waals surface area contributed by atoms with E-state index in [0.717, 1.165) is 11.3 Å². The van der Waals surface area contributed by atoms with Crippen LogP contribution in [0.1, 0.15) is 11.1 Å². The average Bonchev–Trinajstić information content (AvgIpc) is 2.95. The lowest BCUT2D eigenvalue weighted by atomic mass is 10.2. The summed E-state index contributed by atoms with van der Waals surface area (Å²) in [6.07, 6.45) is 0. The Bertz CT molecular complexity index is 785. The zero-order valence-corrected chi connectivity index (χ0v) is 13.3. The summed E-state index contributed by atoms with van der Waals surface area (Å²) >= 11 is 7.37. The highest BCUT2D eigenvalue weighted by Gasteiger charge is 2.12. The lowest BCUT2D eigenvalue weighted by Gasteiger charge is -2.07. The molecule has 3 rings (SSSR count). The number of aromatic nitrogens is 4. The van der Waals surface area contributed by atoms with Gasteiger partial charge in [-0.1, -0.05) is 41.6 Å². The second-order valence-electron chi connectivity index (χ2n) is 4.70. The molecule has 0 amide bonds. The van der Waals surface area contributed by atoms with E-state index in [1.54, 1.807) is 16.8 Å². The average molecular weight is 335 g/mol. The van der Waals surface area contributed by atoms with Crippen LogP contribution in [0.4, 0.5) is 4.39 Å². The molecule has 0 spiro atoms. The number of nitrogens with zero attached hydrogens (tertiary/aromatic N) is 4. The largest absolute Gasteiger partial charge is 0.214 e. The first-order valence-corrected chi connectivity index (χ1v) is 7.92. The van der Waals surface area contributed by atoms with E-state index in [4.69, 9.17) is 11.6 Å². The predicted molar refractivity (Wildman–Crippen MR) is 84.9 cm³/mol. The summed E-state index contributed by atoms with van der Waals surface area (Å²) in [5, 5.41) is 12.7. The summed E-state index contributed by atoms with van der Waals surface area (Å²) in [6.45, 7) is 2.00. The van der Waals surface area contributed by atoms with Crippen molar-refractivity contribution in [1.82, 2.24) is 20.2 Å². The van der Waals surface area contributed by atoms with Crippen LogP contribution >= 0.6 is 23.4 Å². The normalized spacial score (nSPS) is 10.9. The summed E-state index contributed by atoms with van der Waals surface area (Å²) in [5.74, 6) is 0.0344. The van der Waals surface area contributed by atoms with E-state index < -0.39 is 0 Å². The first-order valence-electron chi connectivity index (χ1n) is 6.56. The fourth-order valence-corrected chi connectivity index (χ4v) is 3.23. The maximum atomic E-state index is 13.8. The van der Waals surface area contributed by atoms with E-state index >= 15 is 0 Å². The highest BCUT2D eigenvalue weighted by molar-refractivity contribution is 7.98. The lowest BCUT2D eigenvalue weighted by molar-refractivity contribution is 0.617. The smallest absolute Gasteiger partial charge is 0.207 e. The Hall–Kier alpha value is -1.92. The van der Waals surface area contributed by atoms with Gasteiger partial charge in [0.25, 0.3) is 0 Å². The molecule has 3 aromatic rings. The number of rotatable bonds is 4. The van der Waals surface area contributed by atoms with Crippen LogP contribution in [0.5, 0.6) is 0 Å². The zero-order chi connectivity index (χ0) is 15.5. The van der Waals surface area contributed by atoms with Crippen LogP contribution in [-0.4, -0.2) is 20.2 Å². The standard InChI is InChI=1S/C15H12ClFN4S/c1-10-4-2-5-11(8-10)21-15(18-19-20-21)22-9-12-13(16)6-3-7-14(12)17/h2-8H,9H2,1H3. The second kappa shape index (κ2) is 6.46. The van der Waals surface area contributed by atoms with Crippen LogP contribution in [0.3, 0.4) is 0 Å². The number of hydrogen-bond donors (Lipinski definition) is 0. The van der Waals surface area contributed by atoms with Gasteiger partial charge in [0.2, 0.25) is 5.16 Å². The number of benzene rings is 2. The maximum Gasteiger partial charge on any atom is 0.214 e. The van der Waals surface area contributed by atoms with Gasteiger partial charge in [-0.3, -0.25) is 0 Å². The molecule has 1 heterocycles. The molecule has 0 N–H and O–H groups in total. The van der Waals surface area contributed by atoms with Crippen LogP contribution in [0.2, 0.25) is 5.02 Å². The monoisotopic (exact) mass is 334 g/mol. The molecule has 4 nitrogen and oxygen atoms in total. The van der Waals surface area contributed by atoms with Crippen molar-refractivity contribution in [3.8, 4) is 5.69 Å². The molecule has 0 aliphatic heterocycles. The van der Waals surface area contributed by atoms with Gasteiger partial charge in [0.15, 0.2) is 0 Å². The number of tetrazole rings is 1. The molecule has 0 unspecified atom stereocenters. The number of thioether (sulfide) groups is 1. The van der Waals surface area contributed by atoms with Gasteiger partial charge in [0.05, 0.1) is 5.69 Å². The predicted octanol–water partition coefficient (Wildman–Crippen LogP) is 4.06. The summed E-state index contributed by atoms with van der Waals surface area (Å²) in [4.78, 5) is 0. The van der Waals surface area contributed by atoms with E-state index in [1.165, 1.54) is 17.8 Å². The summed E-state index contributed by atoms with van der Waals surface area (Å²) in [7, 11) is 0. The van der Waals surface area contributed by atoms with E-state index in [-0.39, 0.29) is 5.82 Å². The van der Waals surface area contributed by atoms with E-state index in [0.29, 0.717) is 21.5 Å². The minimum atomic E-state index is -0.324. The number of aryl methyl sites for hydroxylation is 1. The highest BCUT2D eigenvalue weighted by atomic mass is 35.5. The van der Waals surface area contributed by atoms with Crippen molar-refractivity contribution in [1.29, 1.82) is 0 Å². The molecule has 0 atom stereocenters. The third-order valence-corrected chi connectivity index (χ3v) is 4.39. The van der Waals surface area contributed by atoms with Crippen LogP contribution in [0, 0.1) is 12.7 Å². The van der Waals surface area contributed by atoms with Crippen molar-refractivity contribution in [2.75, 3.05) is 0 Å². The van der Waals surface area contributed by atoms with Gasteiger partial charge in [-0.25, -0.2) is 4.39 Å². The van der Waals surface area contributed by atoms with E-state index in [9.17, 15) is 4.39 Å². The molecule has 112 valence electrons. The van der Waals surface area contributed by atoms with Crippen molar-refractivity contribution in [2.45, 2.75) is 17.8 Å². The van der Waals surface area contributed by atoms with Crippen molar-refractivity contribution in [2.24, 2.45) is 0 Å². The highest BCUT2D eigenvalue weighted by Crippen LogP contribution is 2.28. The van der Waals surface area contributed by atoms with Gasteiger partial charge in [0.1, 0.15) is 5.82 Å². The topological polar surface area (TPSA) is 43.6 Å². The van der Waals surface area contributed by atoms with Gasteiger partial charge in [0, 0.05) is 16.3 Å². The van der Waals surface area contributed by atoms with E-state index in [1.807, 2.05) is 31.2 Å². The molecule has 7 heteroatoms. The summed E-state index contributed by atoms with van der Waals surface area (Å²) in [5.41, 5.74) is 2.43. The van der Waals surface area contributed by atoms with Crippen molar-refractivity contribution >= 4 is 23.4 Å². The molecular weight excluding hydrogens is 323 g/mol. The fourth-order valence-electron chi connectivity index (χ4n) is 2.00. The number of halogens is 2. The molecule has 2 aromatic carbocycles. The molecule has 0 bridgehead atoms. The van der Waals surface area contributed by atoms with Crippen LogP contribution in [0.25, 0.3) is 5.69 Å². The minimum absolute atomic E-state index is 0.324. The van der Waals surface area contributed by atoms with Gasteiger partial charge in [-0.15, -0.1) is 5.10 Å². The third kappa shape index (κ3) is 3.13. The quantitative estimate of drug-likeness (QED) is 0.675. The SMILES string of the molecule is Cc1cccc(-n2nnnc2SCc2c(F)cccc2Cl)c1. The van der Waals surface area contributed by atoms with Crippen molar-refractivity contribution < 1.29 is 4.39 Å². The fraction of sp³-hybridized carbons (Fsp3) is 0.133. The van der Waals surface area contributed by atoms with Gasteiger partial charge in [-0.2, -0.15) is 4.68 Å². The van der Waals surface area contributed by atoms with Crippen LogP contribution in [0.15, 0.2) is 47.6 Å². The van der Waals surface area contributed by atoms with Gasteiger partial charge in [-0.05, 0) is 47.2 Å². The summed E-state index contributed by atoms with van der Waals surface area (Å²) in [6, 6.07) is 12.5. The van der Waals surface area contributed by atoms with Crippen molar-refractivity contribution in [3.05, 3.63) is 64.4 Å². The zero-order valence-electron chi connectivity index (χ0n) is 11.7. The van der Waals surface area contributed by atoms with Crippen LogP contribution < -0.4 is 0 Å². The molecule has 22 heavy (non-hydrogen) atoms. The first-order chi connectivity index (χ1) is 10.6. The maximum absolute atomic E-state index is 13.8. The third-order valence-electron chi connectivity index (χ3n) is 3.09. The Labute approximate surface area is 136 Å². The van der Waals surface area contributed by atoms with E-state index in [2.05, 4.69) is 15.5 Å². The molecule has 0 aliphatic rings. The minimum Gasteiger partial charge on any atom is -0.207 e. The molecule has 0 radical (unpaired) electrons. The van der Waals surface area contributed by atoms with Gasteiger partial charge < -0.3 is 0 Å². The van der Waals surface area contributed by atoms with Gasteiger partial charge >= 0.3 is 0 Å². The molecule has 1 aromatic heterocycles. The first kappa shape index (κ1) is 15.0. The Morgan fingerprint density at radius 3 is 2.82 bits per heavy atom. The molecule has 0 aliphatic carbocycles. The second-order valence-corrected chi connectivity index (χ2v) is 6.05. The lowest BCUT2D eigenvalue weighted by Crippen LogP contribution is -2.00. The Kier molecular flexibility index (Phi) is 4.40. The molecule has 0 saturated carbocycles. The molecular formula is C15H12ClFN4S. The van der Waals surface area contributed by atoms with Crippen LogP contribution in [-0.2, 0) is 5.75 Å². The Morgan fingerprint density at radius 2 is 2.05 bits per heavy atom. The van der Waals surface area contributed by atoms with Crippen molar-refractivity contribution in [3.63, 3.8) is 0 Å². The summed E-state index contributed by atoms with van der Waals surface area (Å²) < 4.78 is 15.4. The molecule has 0 saturated heterocycles. The Morgan fingerprint density at radius 1 is 1.23 bits per heavy atom. The molecule has 0 fully saturated rings.